The molecule has 1 N–H and O–H groups in total. The molecule has 1 aromatic carbocycles. The van der Waals surface area contributed by atoms with Crippen LogP contribution >= 0.6 is 23.2 Å². The van der Waals surface area contributed by atoms with Crippen LogP contribution in [0.15, 0.2) is 42.2 Å². The molecular weight excluding hydrogens is 455 g/mol. The van der Waals surface area contributed by atoms with E-state index in [4.69, 9.17) is 32.7 Å². The van der Waals surface area contributed by atoms with Gasteiger partial charge in [0.2, 0.25) is 0 Å². The molecule has 1 aliphatic rings. The molecule has 9 heteroatoms. The zero-order valence-corrected chi connectivity index (χ0v) is 19.5. The number of carbonyl (C=O) groups excluding carboxylic acids is 2. The number of halogens is 2. The first-order valence-corrected chi connectivity index (χ1v) is 10.8. The van der Waals surface area contributed by atoms with E-state index in [0.717, 1.165) is 0 Å². The molecule has 32 heavy (non-hydrogen) atoms. The smallest absolute Gasteiger partial charge is 0.295 e. The van der Waals surface area contributed by atoms with Gasteiger partial charge in [0, 0.05) is 31.1 Å². The highest BCUT2D eigenvalue weighted by Gasteiger charge is 2.46. The molecule has 1 fully saturated rings. The normalized spacial score (nSPS) is 17.9. The lowest BCUT2D eigenvalue weighted by Crippen LogP contribution is -2.31. The van der Waals surface area contributed by atoms with Gasteiger partial charge in [0.15, 0.2) is 5.75 Å². The number of benzene rings is 1. The van der Waals surface area contributed by atoms with Gasteiger partial charge in [-0.3, -0.25) is 14.6 Å². The number of ketones is 1. The lowest BCUT2D eigenvalue weighted by atomic mass is 9.96. The number of aliphatic hydroxyl groups excluding tert-OH is 1. The summed E-state index contributed by atoms with van der Waals surface area (Å²) in [6, 6.07) is 5.53. The van der Waals surface area contributed by atoms with Crippen molar-refractivity contribution in [3.63, 3.8) is 0 Å². The van der Waals surface area contributed by atoms with E-state index in [-0.39, 0.29) is 45.3 Å². The Bertz CT molecular complexity index is 1020. The molecule has 1 unspecified atom stereocenters. The van der Waals surface area contributed by atoms with E-state index in [1.165, 1.54) is 24.1 Å². The van der Waals surface area contributed by atoms with Crippen molar-refractivity contribution in [2.45, 2.75) is 32.4 Å². The van der Waals surface area contributed by atoms with Gasteiger partial charge in [-0.1, -0.05) is 29.3 Å². The first-order valence-electron chi connectivity index (χ1n) is 10.1. The van der Waals surface area contributed by atoms with Gasteiger partial charge < -0.3 is 19.5 Å². The van der Waals surface area contributed by atoms with Crippen LogP contribution in [-0.2, 0) is 14.3 Å². The molecule has 7 nitrogen and oxygen atoms in total. The molecule has 1 saturated heterocycles. The van der Waals surface area contributed by atoms with E-state index < -0.39 is 17.7 Å². The third-order valence-corrected chi connectivity index (χ3v) is 5.57. The Morgan fingerprint density at radius 2 is 1.94 bits per heavy atom. The second kappa shape index (κ2) is 10.3. The molecule has 3 rings (SSSR count). The highest BCUT2D eigenvalue weighted by molar-refractivity contribution is 6.46. The molecule has 2 heterocycles. The van der Waals surface area contributed by atoms with Gasteiger partial charge in [-0.25, -0.2) is 0 Å². The molecule has 0 aliphatic carbocycles. The molecule has 0 spiro atoms. The summed E-state index contributed by atoms with van der Waals surface area (Å²) in [5, 5.41) is 11.4. The van der Waals surface area contributed by atoms with Crippen molar-refractivity contribution in [2.24, 2.45) is 0 Å². The maximum atomic E-state index is 13.0. The van der Waals surface area contributed by atoms with Crippen LogP contribution in [0.25, 0.3) is 5.76 Å². The number of nitrogens with zero attached hydrogens (tertiary/aromatic N) is 2. The SMILES string of the molecule is COc1c(Cl)cc(/C(O)=C2\C(=O)C(=O)N(CCCOC(C)C)C2c2cccnc2)cc1Cl. The Labute approximate surface area is 196 Å². The van der Waals surface area contributed by atoms with Crippen LogP contribution in [0.2, 0.25) is 10.0 Å². The topological polar surface area (TPSA) is 89.0 Å². The first-order chi connectivity index (χ1) is 15.3. The highest BCUT2D eigenvalue weighted by atomic mass is 35.5. The number of methoxy groups -OCH3 is 1. The minimum Gasteiger partial charge on any atom is -0.507 e. The predicted molar refractivity (Wildman–Crippen MR) is 122 cm³/mol. The summed E-state index contributed by atoms with van der Waals surface area (Å²) >= 11 is 12.4. The molecule has 1 aliphatic heterocycles. The molecule has 1 aromatic heterocycles. The number of aliphatic hydroxyl groups is 1. The van der Waals surface area contributed by atoms with Crippen LogP contribution in [0, 0.1) is 0 Å². The van der Waals surface area contributed by atoms with Crippen molar-refractivity contribution in [3.8, 4) is 5.75 Å². The van der Waals surface area contributed by atoms with E-state index in [9.17, 15) is 14.7 Å². The fourth-order valence-electron chi connectivity index (χ4n) is 3.60. The number of ether oxygens (including phenoxy) is 2. The number of likely N-dealkylation sites (tertiary alicyclic amines) is 1. The summed E-state index contributed by atoms with van der Waals surface area (Å²) < 4.78 is 10.7. The number of amides is 1. The van der Waals surface area contributed by atoms with E-state index in [1.807, 2.05) is 13.8 Å². The standard InChI is InChI=1S/C23H24Cl2N2O5/c1-13(2)32-9-5-8-27-19(14-6-4-7-26-12-14)18(21(29)23(27)30)20(28)15-10-16(24)22(31-3)17(25)11-15/h4,6-7,10-13,19,28H,5,8-9H2,1-3H3/b20-18+. The highest BCUT2D eigenvalue weighted by Crippen LogP contribution is 2.41. The summed E-state index contributed by atoms with van der Waals surface area (Å²) in [6.45, 7) is 4.56. The van der Waals surface area contributed by atoms with Gasteiger partial charge in [0.1, 0.15) is 5.76 Å². The third-order valence-electron chi connectivity index (χ3n) is 5.01. The van der Waals surface area contributed by atoms with Gasteiger partial charge in [-0.2, -0.15) is 0 Å². The molecule has 2 aromatic rings. The van der Waals surface area contributed by atoms with E-state index in [1.54, 1.807) is 24.5 Å². The number of pyridine rings is 1. The summed E-state index contributed by atoms with van der Waals surface area (Å²) in [4.78, 5) is 31.4. The number of rotatable bonds is 8. The van der Waals surface area contributed by atoms with Crippen LogP contribution in [0.3, 0.4) is 0 Å². The Morgan fingerprint density at radius 3 is 2.50 bits per heavy atom. The van der Waals surface area contributed by atoms with Crippen molar-refractivity contribution >= 4 is 40.7 Å². The quantitative estimate of drug-likeness (QED) is 0.257. The third kappa shape index (κ3) is 4.90. The molecule has 0 bridgehead atoms. The number of aromatic nitrogens is 1. The number of carbonyl (C=O) groups is 2. The molecular formula is C23H24Cl2N2O5. The van der Waals surface area contributed by atoms with Crippen molar-refractivity contribution in [1.29, 1.82) is 0 Å². The lowest BCUT2D eigenvalue weighted by Gasteiger charge is -2.25. The van der Waals surface area contributed by atoms with Gasteiger partial charge in [0.25, 0.3) is 11.7 Å². The first kappa shape index (κ1) is 24.0. The molecule has 170 valence electrons. The van der Waals surface area contributed by atoms with Crippen molar-refractivity contribution < 1.29 is 24.2 Å². The van der Waals surface area contributed by atoms with Gasteiger partial charge in [-0.05, 0) is 44.0 Å². The zero-order valence-electron chi connectivity index (χ0n) is 18.0. The minimum atomic E-state index is -0.803. The summed E-state index contributed by atoms with van der Waals surface area (Å²) in [7, 11) is 1.42. The fourth-order valence-corrected chi connectivity index (χ4v) is 4.24. The lowest BCUT2D eigenvalue weighted by molar-refractivity contribution is -0.140. The fraction of sp³-hybridized carbons (Fsp3) is 0.348. The van der Waals surface area contributed by atoms with Crippen LogP contribution in [0.5, 0.6) is 5.75 Å². The largest absolute Gasteiger partial charge is 0.507 e. The summed E-state index contributed by atoms with van der Waals surface area (Å²) in [5.74, 6) is -1.61. The van der Waals surface area contributed by atoms with Gasteiger partial charge in [0.05, 0.1) is 34.9 Å². The maximum Gasteiger partial charge on any atom is 0.295 e. The molecule has 1 amide bonds. The van der Waals surface area contributed by atoms with Crippen LogP contribution in [0.1, 0.15) is 37.4 Å². The van der Waals surface area contributed by atoms with Crippen LogP contribution in [0.4, 0.5) is 0 Å². The minimum absolute atomic E-state index is 0.0509. The number of hydrogen-bond donors (Lipinski definition) is 1. The summed E-state index contributed by atoms with van der Waals surface area (Å²) in [5.41, 5.74) is 0.754. The average molecular weight is 479 g/mol. The second-order valence-corrected chi connectivity index (χ2v) is 8.34. The Hall–Kier alpha value is -2.61. The van der Waals surface area contributed by atoms with Crippen molar-refractivity contribution in [1.82, 2.24) is 9.88 Å². The van der Waals surface area contributed by atoms with E-state index in [2.05, 4.69) is 4.98 Å². The molecule has 0 radical (unpaired) electrons. The average Bonchev–Trinajstić information content (AvgIpc) is 3.01. The maximum absolute atomic E-state index is 13.0. The number of Topliss-reactive ketones (excluding diaryl/α,β-unsaturated/α-hetero) is 1. The van der Waals surface area contributed by atoms with Gasteiger partial charge in [-0.15, -0.1) is 0 Å². The van der Waals surface area contributed by atoms with Crippen molar-refractivity contribution in [3.05, 3.63) is 63.4 Å². The Kier molecular flexibility index (Phi) is 7.77. The van der Waals surface area contributed by atoms with Crippen LogP contribution in [-0.4, -0.2) is 53.0 Å². The van der Waals surface area contributed by atoms with Crippen molar-refractivity contribution in [2.75, 3.05) is 20.3 Å². The second-order valence-electron chi connectivity index (χ2n) is 7.53. The van der Waals surface area contributed by atoms with E-state index in [0.29, 0.717) is 18.6 Å². The zero-order chi connectivity index (χ0) is 23.4. The predicted octanol–water partition coefficient (Wildman–Crippen LogP) is 4.63. The van der Waals surface area contributed by atoms with E-state index >= 15 is 0 Å². The Morgan fingerprint density at radius 1 is 1.25 bits per heavy atom. The molecule has 1 atom stereocenters. The monoisotopic (exact) mass is 478 g/mol. The van der Waals surface area contributed by atoms with Crippen LogP contribution < -0.4 is 4.74 Å². The molecule has 0 saturated carbocycles. The number of hydrogen-bond acceptors (Lipinski definition) is 6. The van der Waals surface area contributed by atoms with Gasteiger partial charge >= 0.3 is 0 Å². The summed E-state index contributed by atoms with van der Waals surface area (Å²) in [6.07, 6.45) is 3.75. The Balaban J connectivity index is 2.06.